The van der Waals surface area contributed by atoms with Crippen LogP contribution in [0.15, 0.2) is 67.0 Å². The van der Waals surface area contributed by atoms with Gasteiger partial charge in [-0.3, -0.25) is 4.79 Å². The number of aryl methyl sites for hydroxylation is 3. The van der Waals surface area contributed by atoms with E-state index in [1.165, 1.54) is 11.1 Å². The van der Waals surface area contributed by atoms with Gasteiger partial charge < -0.3 is 9.88 Å². The minimum Gasteiger partial charge on any atom is -0.342 e. The van der Waals surface area contributed by atoms with Crippen molar-refractivity contribution in [2.75, 3.05) is 0 Å². The molecule has 0 aliphatic heterocycles. The number of nitrogens with zero attached hydrogens (tertiary/aromatic N) is 2. The maximum atomic E-state index is 12.5. The molecule has 3 rings (SSSR count). The molecule has 1 N–H and O–H groups in total. The molecule has 1 amide bonds. The van der Waals surface area contributed by atoms with Crippen LogP contribution < -0.4 is 5.32 Å². The average Bonchev–Trinajstić information content (AvgIpc) is 3.06. The number of amides is 1. The van der Waals surface area contributed by atoms with E-state index >= 15 is 0 Å². The molecule has 0 saturated carbocycles. The van der Waals surface area contributed by atoms with Gasteiger partial charge in [0.1, 0.15) is 11.9 Å². The number of rotatable bonds is 6. The predicted octanol–water partition coefficient (Wildman–Crippen LogP) is 3.57. The first kappa shape index (κ1) is 17.0. The van der Waals surface area contributed by atoms with Crippen LogP contribution in [-0.2, 0) is 18.3 Å². The zero-order chi connectivity index (χ0) is 17.6. The van der Waals surface area contributed by atoms with Crippen LogP contribution in [0, 0.1) is 6.92 Å². The van der Waals surface area contributed by atoms with Gasteiger partial charge in [-0.05, 0) is 24.5 Å². The van der Waals surface area contributed by atoms with Crippen LogP contribution in [0.2, 0.25) is 0 Å². The molecule has 4 heteroatoms. The fourth-order valence-corrected chi connectivity index (χ4v) is 2.84. The Morgan fingerprint density at radius 2 is 1.84 bits per heavy atom. The Bertz CT molecular complexity index is 822. The molecule has 0 fully saturated rings. The number of benzene rings is 2. The molecule has 1 aromatic heterocycles. The zero-order valence-electron chi connectivity index (χ0n) is 14.6. The number of carbonyl (C=O) groups is 1. The summed E-state index contributed by atoms with van der Waals surface area (Å²) in [6, 6.07) is 18.0. The Balaban J connectivity index is 1.71. The van der Waals surface area contributed by atoms with E-state index in [9.17, 15) is 4.79 Å². The maximum Gasteiger partial charge on any atom is 0.221 e. The highest BCUT2D eigenvalue weighted by molar-refractivity contribution is 5.77. The Labute approximate surface area is 148 Å². The second-order valence-electron chi connectivity index (χ2n) is 6.29. The highest BCUT2D eigenvalue weighted by atomic mass is 16.1. The van der Waals surface area contributed by atoms with Crippen LogP contribution in [0.5, 0.6) is 0 Å². The van der Waals surface area contributed by atoms with E-state index in [1.54, 1.807) is 6.20 Å². The fraction of sp³-hybridized carbons (Fsp3) is 0.238. The molecule has 0 aliphatic rings. The van der Waals surface area contributed by atoms with E-state index < -0.39 is 0 Å². The molecule has 1 heterocycles. The first-order chi connectivity index (χ1) is 12.1. The molecular formula is C21H23N3O. The lowest BCUT2D eigenvalue weighted by atomic mass is 10.0. The predicted molar refractivity (Wildman–Crippen MR) is 99.1 cm³/mol. The Morgan fingerprint density at radius 3 is 2.48 bits per heavy atom. The smallest absolute Gasteiger partial charge is 0.221 e. The van der Waals surface area contributed by atoms with Crippen molar-refractivity contribution in [3.05, 3.63) is 89.5 Å². The van der Waals surface area contributed by atoms with Crippen molar-refractivity contribution >= 4 is 5.91 Å². The quantitative estimate of drug-likeness (QED) is 0.750. The maximum absolute atomic E-state index is 12.5. The normalized spacial score (nSPS) is 11.9. The lowest BCUT2D eigenvalue weighted by Crippen LogP contribution is -2.31. The minimum atomic E-state index is -0.244. The van der Waals surface area contributed by atoms with Crippen LogP contribution >= 0.6 is 0 Å². The number of hydrogen-bond donors (Lipinski definition) is 1. The SMILES string of the molecule is Cc1ccc(CCC(=O)N[C@H](c2ccccc2)c2nccn2C)cc1. The molecular weight excluding hydrogens is 310 g/mol. The van der Waals surface area contributed by atoms with E-state index in [2.05, 4.69) is 41.5 Å². The number of nitrogens with one attached hydrogen (secondary N) is 1. The summed E-state index contributed by atoms with van der Waals surface area (Å²) in [7, 11) is 1.94. The topological polar surface area (TPSA) is 46.9 Å². The molecule has 0 spiro atoms. The summed E-state index contributed by atoms with van der Waals surface area (Å²) in [6.45, 7) is 2.06. The summed E-state index contributed by atoms with van der Waals surface area (Å²) < 4.78 is 1.94. The van der Waals surface area contributed by atoms with E-state index in [0.717, 1.165) is 17.8 Å². The van der Waals surface area contributed by atoms with Gasteiger partial charge in [-0.2, -0.15) is 0 Å². The van der Waals surface area contributed by atoms with Crippen LogP contribution in [-0.4, -0.2) is 15.5 Å². The van der Waals surface area contributed by atoms with Crippen LogP contribution in [0.3, 0.4) is 0 Å². The van der Waals surface area contributed by atoms with Gasteiger partial charge in [0, 0.05) is 25.9 Å². The van der Waals surface area contributed by atoms with Crippen molar-refractivity contribution in [1.29, 1.82) is 0 Å². The molecule has 0 saturated heterocycles. The van der Waals surface area contributed by atoms with Gasteiger partial charge in [-0.15, -0.1) is 0 Å². The molecule has 0 bridgehead atoms. The molecule has 2 aromatic carbocycles. The third-order valence-corrected chi connectivity index (χ3v) is 4.32. The van der Waals surface area contributed by atoms with E-state index in [-0.39, 0.29) is 11.9 Å². The molecule has 3 aromatic rings. The van der Waals surface area contributed by atoms with Gasteiger partial charge in [-0.1, -0.05) is 60.2 Å². The summed E-state index contributed by atoms with van der Waals surface area (Å²) in [5.41, 5.74) is 3.43. The summed E-state index contributed by atoms with van der Waals surface area (Å²) >= 11 is 0. The van der Waals surface area contributed by atoms with Gasteiger partial charge in [0.05, 0.1) is 0 Å². The highest BCUT2D eigenvalue weighted by Gasteiger charge is 2.20. The zero-order valence-corrected chi connectivity index (χ0v) is 14.6. The van der Waals surface area contributed by atoms with E-state index in [4.69, 9.17) is 0 Å². The summed E-state index contributed by atoms with van der Waals surface area (Å²) in [6.07, 6.45) is 4.83. The lowest BCUT2D eigenvalue weighted by molar-refractivity contribution is -0.121. The second kappa shape index (κ2) is 7.79. The van der Waals surface area contributed by atoms with Crippen LogP contribution in [0.25, 0.3) is 0 Å². The van der Waals surface area contributed by atoms with Gasteiger partial charge in [-0.25, -0.2) is 4.98 Å². The molecule has 0 radical (unpaired) electrons. The summed E-state index contributed by atoms with van der Waals surface area (Å²) in [4.78, 5) is 16.9. The van der Waals surface area contributed by atoms with Crippen LogP contribution in [0.4, 0.5) is 0 Å². The third kappa shape index (κ3) is 4.35. The molecule has 25 heavy (non-hydrogen) atoms. The Hall–Kier alpha value is -2.88. The van der Waals surface area contributed by atoms with Gasteiger partial charge in [0.15, 0.2) is 0 Å². The third-order valence-electron chi connectivity index (χ3n) is 4.32. The van der Waals surface area contributed by atoms with Crippen molar-refractivity contribution in [2.45, 2.75) is 25.8 Å². The number of imidazole rings is 1. The molecule has 128 valence electrons. The van der Waals surface area contributed by atoms with Crippen molar-refractivity contribution in [3.8, 4) is 0 Å². The summed E-state index contributed by atoms with van der Waals surface area (Å²) in [5.74, 6) is 0.854. The van der Waals surface area contributed by atoms with Crippen molar-refractivity contribution < 1.29 is 4.79 Å². The van der Waals surface area contributed by atoms with E-state index in [0.29, 0.717) is 6.42 Å². The van der Waals surface area contributed by atoms with E-state index in [1.807, 2.05) is 48.1 Å². The van der Waals surface area contributed by atoms with Crippen LogP contribution in [0.1, 0.15) is 35.0 Å². The van der Waals surface area contributed by atoms with Crippen molar-refractivity contribution in [2.24, 2.45) is 7.05 Å². The highest BCUT2D eigenvalue weighted by Crippen LogP contribution is 2.20. The van der Waals surface area contributed by atoms with Gasteiger partial charge in [0.25, 0.3) is 0 Å². The van der Waals surface area contributed by atoms with Crippen molar-refractivity contribution in [3.63, 3.8) is 0 Å². The monoisotopic (exact) mass is 333 g/mol. The summed E-state index contributed by atoms with van der Waals surface area (Å²) in [5, 5.41) is 3.14. The second-order valence-corrected chi connectivity index (χ2v) is 6.29. The van der Waals surface area contributed by atoms with Gasteiger partial charge in [0.2, 0.25) is 5.91 Å². The first-order valence-electron chi connectivity index (χ1n) is 8.50. The minimum absolute atomic E-state index is 0.0254. The largest absolute Gasteiger partial charge is 0.342 e. The number of carbonyl (C=O) groups excluding carboxylic acids is 1. The number of hydrogen-bond acceptors (Lipinski definition) is 2. The number of aromatic nitrogens is 2. The molecule has 0 aliphatic carbocycles. The standard InChI is InChI=1S/C21H23N3O/c1-16-8-10-17(11-9-16)12-13-19(25)23-20(18-6-4-3-5-7-18)21-22-14-15-24(21)2/h3-11,14-15,20H,12-13H2,1-2H3,(H,23,25)/t20-/m1/s1. The van der Waals surface area contributed by atoms with Crippen molar-refractivity contribution in [1.82, 2.24) is 14.9 Å². The van der Waals surface area contributed by atoms with Gasteiger partial charge >= 0.3 is 0 Å². The lowest BCUT2D eigenvalue weighted by Gasteiger charge is -2.19. The first-order valence-corrected chi connectivity index (χ1v) is 8.50. The Kier molecular flexibility index (Phi) is 5.29. The Morgan fingerprint density at radius 1 is 1.12 bits per heavy atom. The molecule has 0 unspecified atom stereocenters. The molecule has 1 atom stereocenters. The molecule has 4 nitrogen and oxygen atoms in total. The average molecular weight is 333 g/mol. The fourth-order valence-electron chi connectivity index (χ4n) is 2.84.